The highest BCUT2D eigenvalue weighted by Crippen LogP contribution is 2.35. The quantitative estimate of drug-likeness (QED) is 0.216. The Morgan fingerprint density at radius 1 is 0.389 bits per heavy atom. The molecule has 54 heavy (non-hydrogen) atoms. The molecule has 0 unspecified atom stereocenters. The Balaban J connectivity index is 1.22. The number of rotatable bonds is 2. The molecule has 0 aromatic rings. The fourth-order valence-electron chi connectivity index (χ4n) is 8.88. The SMILES string of the molecule is CC[C@@H]1C[C@H]2CC[C@@H](O2)[C@H](C)C(=O)O[C@@H](C)C[C@H]2CC[C@@H](O2)[C@H](C)C(=O)O[C@H](CC)C[C@H]2CC[C@@H](O2)[C@H](C)C(=O)O[C@H](C)C[C@H]2CC[C@@H](O2)[C@H](C)C(=O)O1. The summed E-state index contributed by atoms with van der Waals surface area (Å²) in [5, 5.41) is 0. The Bertz CT molecular complexity index is 1160. The van der Waals surface area contributed by atoms with Crippen molar-refractivity contribution in [1.29, 1.82) is 0 Å². The highest BCUT2D eigenvalue weighted by molar-refractivity contribution is 5.74. The van der Waals surface area contributed by atoms with Crippen molar-refractivity contribution in [3.63, 3.8) is 0 Å². The van der Waals surface area contributed by atoms with E-state index in [2.05, 4.69) is 0 Å². The number of ether oxygens (including phenoxy) is 8. The van der Waals surface area contributed by atoms with Crippen molar-refractivity contribution in [3.05, 3.63) is 0 Å². The summed E-state index contributed by atoms with van der Waals surface area (Å²) in [4.78, 5) is 53.0. The van der Waals surface area contributed by atoms with Gasteiger partial charge in [-0.25, -0.2) is 0 Å². The van der Waals surface area contributed by atoms with Crippen molar-refractivity contribution in [2.24, 2.45) is 23.7 Å². The minimum atomic E-state index is -0.435. The van der Waals surface area contributed by atoms with Crippen LogP contribution in [-0.4, -0.2) is 97.1 Å². The van der Waals surface area contributed by atoms with Gasteiger partial charge in [-0.05, 0) is 106 Å². The number of hydrogen-bond acceptors (Lipinski definition) is 12. The Morgan fingerprint density at radius 3 is 0.926 bits per heavy atom. The molecule has 5 saturated heterocycles. The maximum Gasteiger partial charge on any atom is 0.311 e. The van der Waals surface area contributed by atoms with Gasteiger partial charge in [-0.1, -0.05) is 13.8 Å². The van der Waals surface area contributed by atoms with E-state index in [4.69, 9.17) is 37.9 Å². The molecule has 0 saturated carbocycles. The van der Waals surface area contributed by atoms with E-state index in [1.807, 2.05) is 55.4 Å². The normalized spacial score (nSPS) is 44.0. The number of carbonyl (C=O) groups excluding carboxylic acids is 4. The number of fused-ring (bicyclic) bond motifs is 8. The molecule has 12 nitrogen and oxygen atoms in total. The first-order chi connectivity index (χ1) is 25.7. The van der Waals surface area contributed by atoms with Crippen molar-refractivity contribution in [1.82, 2.24) is 0 Å². The largest absolute Gasteiger partial charge is 0.462 e. The Labute approximate surface area is 322 Å². The van der Waals surface area contributed by atoms with Crippen LogP contribution in [0.15, 0.2) is 0 Å². The van der Waals surface area contributed by atoms with Crippen LogP contribution in [0, 0.1) is 23.7 Å². The van der Waals surface area contributed by atoms with Crippen LogP contribution in [0.5, 0.6) is 0 Å². The number of carbonyl (C=O) groups is 4. The highest BCUT2D eigenvalue weighted by atomic mass is 16.6. The molecule has 16 atom stereocenters. The van der Waals surface area contributed by atoms with Gasteiger partial charge in [-0.2, -0.15) is 0 Å². The molecule has 5 rings (SSSR count). The van der Waals surface area contributed by atoms with E-state index < -0.39 is 23.7 Å². The molecule has 12 heteroatoms. The van der Waals surface area contributed by atoms with E-state index in [1.54, 1.807) is 0 Å². The summed E-state index contributed by atoms with van der Waals surface area (Å²) in [5.41, 5.74) is 0. The predicted molar refractivity (Wildman–Crippen MR) is 198 cm³/mol. The van der Waals surface area contributed by atoms with Gasteiger partial charge in [-0.3, -0.25) is 19.2 Å². The maximum atomic E-state index is 13.3. The summed E-state index contributed by atoms with van der Waals surface area (Å²) < 4.78 is 49.0. The fraction of sp³-hybridized carbons (Fsp3) is 0.905. The van der Waals surface area contributed by atoms with Crippen molar-refractivity contribution >= 4 is 23.9 Å². The second-order valence-electron chi connectivity index (χ2n) is 17.0. The lowest BCUT2D eigenvalue weighted by Crippen LogP contribution is -2.34. The molecule has 0 aromatic heterocycles. The van der Waals surface area contributed by atoms with E-state index in [9.17, 15) is 19.2 Å². The van der Waals surface area contributed by atoms with Crippen molar-refractivity contribution in [2.75, 3.05) is 0 Å². The third-order valence-corrected chi connectivity index (χ3v) is 12.6. The molecule has 0 aliphatic carbocycles. The van der Waals surface area contributed by atoms with Gasteiger partial charge < -0.3 is 37.9 Å². The summed E-state index contributed by atoms with van der Waals surface area (Å²) in [6, 6.07) is 0. The number of cyclic esters (lactones) is 4. The van der Waals surface area contributed by atoms with Gasteiger partial charge in [0.1, 0.15) is 24.4 Å². The molecule has 5 heterocycles. The average Bonchev–Trinajstić information content (AvgIpc) is 3.98. The van der Waals surface area contributed by atoms with Crippen LogP contribution in [-0.2, 0) is 57.1 Å². The fourth-order valence-corrected chi connectivity index (χ4v) is 8.88. The van der Waals surface area contributed by atoms with Crippen LogP contribution in [0.2, 0.25) is 0 Å². The molecular weight excluding hydrogens is 696 g/mol. The van der Waals surface area contributed by atoms with Crippen LogP contribution in [0.25, 0.3) is 0 Å². The van der Waals surface area contributed by atoms with Crippen molar-refractivity contribution in [3.8, 4) is 0 Å². The first-order valence-corrected chi connectivity index (χ1v) is 21.2. The first kappa shape index (κ1) is 42.9. The van der Waals surface area contributed by atoms with Gasteiger partial charge in [0, 0.05) is 25.7 Å². The molecule has 0 N–H and O–H groups in total. The van der Waals surface area contributed by atoms with Gasteiger partial charge >= 0.3 is 23.9 Å². The molecule has 8 bridgehead atoms. The van der Waals surface area contributed by atoms with Crippen LogP contribution >= 0.6 is 0 Å². The average molecular weight is 765 g/mol. The monoisotopic (exact) mass is 764 g/mol. The highest BCUT2D eigenvalue weighted by Gasteiger charge is 2.41. The van der Waals surface area contributed by atoms with E-state index in [1.165, 1.54) is 0 Å². The van der Waals surface area contributed by atoms with E-state index in [-0.39, 0.29) is 97.1 Å². The van der Waals surface area contributed by atoms with Gasteiger partial charge in [0.05, 0.1) is 72.5 Å². The van der Waals surface area contributed by atoms with Gasteiger partial charge in [0.25, 0.3) is 0 Å². The summed E-state index contributed by atoms with van der Waals surface area (Å²) in [5.74, 6) is -2.88. The lowest BCUT2D eigenvalue weighted by atomic mass is 9.99. The first-order valence-electron chi connectivity index (χ1n) is 21.2. The Hall–Kier alpha value is -2.28. The van der Waals surface area contributed by atoms with Gasteiger partial charge in [0.2, 0.25) is 0 Å². The van der Waals surface area contributed by atoms with E-state index in [0.29, 0.717) is 38.5 Å². The van der Waals surface area contributed by atoms with Crippen LogP contribution < -0.4 is 0 Å². The molecule has 0 aromatic carbocycles. The standard InChI is InChI=1S/C42H68O12/c1-9-29-21-33-13-17-35(51-33)25(5)39(43)47-24(4)20-32-12-16-38(50-32)28(8)42(46)54-30(10-2)22-34-14-18-36(52-34)26(6)40(44)48-23(3)19-31-11-15-37(49-31)27(7)41(45)53-29/h23-38H,9-22H2,1-8H3/t23-,24+,25-,26-,27-,28-,29+,30+,31+,32+,33+,34+,35+,36+,37+,38+/m0/s1. The summed E-state index contributed by atoms with van der Waals surface area (Å²) in [7, 11) is 0. The zero-order valence-corrected chi connectivity index (χ0v) is 34.0. The van der Waals surface area contributed by atoms with Crippen molar-refractivity contribution < 1.29 is 57.1 Å². The third-order valence-electron chi connectivity index (χ3n) is 12.6. The topological polar surface area (TPSA) is 142 Å². The van der Waals surface area contributed by atoms with E-state index in [0.717, 1.165) is 51.4 Å². The predicted octanol–water partition coefficient (Wildman–Crippen LogP) is 6.80. The molecule has 5 aliphatic rings. The summed E-state index contributed by atoms with van der Waals surface area (Å²) >= 11 is 0. The molecule has 5 fully saturated rings. The molecule has 0 spiro atoms. The zero-order chi connectivity index (χ0) is 39.1. The summed E-state index contributed by atoms with van der Waals surface area (Å²) in [6.07, 6.45) is 6.72. The van der Waals surface area contributed by atoms with Crippen LogP contribution in [0.4, 0.5) is 0 Å². The zero-order valence-electron chi connectivity index (χ0n) is 34.0. The molecular formula is C42H68O12. The minimum Gasteiger partial charge on any atom is -0.462 e. The molecule has 5 aliphatic heterocycles. The smallest absolute Gasteiger partial charge is 0.311 e. The summed E-state index contributed by atoms with van der Waals surface area (Å²) in [6.45, 7) is 15.2. The van der Waals surface area contributed by atoms with Crippen LogP contribution in [0.1, 0.15) is 145 Å². The minimum absolute atomic E-state index is 0.115. The van der Waals surface area contributed by atoms with Gasteiger partial charge in [-0.15, -0.1) is 0 Å². The van der Waals surface area contributed by atoms with Crippen molar-refractivity contribution in [2.45, 2.75) is 219 Å². The second kappa shape index (κ2) is 19.7. The Kier molecular flexibility index (Phi) is 15.7. The maximum absolute atomic E-state index is 13.3. The van der Waals surface area contributed by atoms with Gasteiger partial charge in [0.15, 0.2) is 0 Å². The molecule has 308 valence electrons. The number of esters is 4. The van der Waals surface area contributed by atoms with E-state index >= 15 is 0 Å². The molecule has 0 radical (unpaired) electrons. The second-order valence-corrected chi connectivity index (χ2v) is 17.0. The molecule has 0 amide bonds. The third kappa shape index (κ3) is 11.4. The lowest BCUT2D eigenvalue weighted by molar-refractivity contribution is -0.162. The lowest BCUT2D eigenvalue weighted by Gasteiger charge is -2.26. The Morgan fingerprint density at radius 2 is 0.648 bits per heavy atom. The van der Waals surface area contributed by atoms with Crippen LogP contribution in [0.3, 0.4) is 0 Å². The number of hydrogen-bond donors (Lipinski definition) is 0.